The fraction of sp³-hybridized carbons (Fsp3) is 0.280. The van der Waals surface area contributed by atoms with Gasteiger partial charge in [0.2, 0.25) is 0 Å². The Bertz CT molecular complexity index is 998. The molecule has 1 amide bonds. The van der Waals surface area contributed by atoms with Gasteiger partial charge in [0.25, 0.3) is 5.91 Å². The van der Waals surface area contributed by atoms with Crippen molar-refractivity contribution in [3.8, 4) is 17.2 Å². The molecule has 3 rings (SSSR count). The minimum Gasteiger partial charge on any atom is -0.493 e. The zero-order valence-electron chi connectivity index (χ0n) is 17.9. The topological polar surface area (TPSA) is 60.5 Å². The van der Waals surface area contributed by atoms with Crippen LogP contribution in [0.25, 0.3) is 0 Å². The predicted molar refractivity (Wildman–Crippen MR) is 120 cm³/mol. The van der Waals surface area contributed by atoms with E-state index in [4.69, 9.17) is 9.47 Å². The maximum absolute atomic E-state index is 12.6. The van der Waals surface area contributed by atoms with Gasteiger partial charge in [-0.25, -0.2) is 0 Å². The van der Waals surface area contributed by atoms with E-state index in [-0.39, 0.29) is 5.91 Å². The zero-order chi connectivity index (χ0) is 21.5. The van der Waals surface area contributed by atoms with Gasteiger partial charge in [0, 0.05) is 17.4 Å². The van der Waals surface area contributed by atoms with Gasteiger partial charge in [-0.15, -0.1) is 0 Å². The summed E-state index contributed by atoms with van der Waals surface area (Å²) in [5.41, 5.74) is 2.97. The van der Waals surface area contributed by atoms with Crippen LogP contribution in [0.1, 0.15) is 54.9 Å². The predicted octanol–water partition coefficient (Wildman–Crippen LogP) is 6.35. The van der Waals surface area contributed by atoms with E-state index in [0.717, 1.165) is 23.6 Å². The average Bonchev–Trinajstić information content (AvgIpc) is 2.73. The van der Waals surface area contributed by atoms with Gasteiger partial charge >= 0.3 is 0 Å². The maximum atomic E-state index is 12.6. The van der Waals surface area contributed by atoms with Crippen molar-refractivity contribution in [1.29, 1.82) is 0 Å². The number of aryl methyl sites for hydroxylation is 1. The number of aromatic nitrogens is 1. The standard InChI is InChI=1S/C25H28N2O3/c1-5-15-29-21-7-6-8-22(16-21)30-20-11-9-19(10-12-20)27-25(28)23-13-14-24(17(2)3)26-18(23)4/h6-14,16-17H,5,15H2,1-4H3,(H,27,28). The lowest BCUT2D eigenvalue weighted by Gasteiger charge is -2.11. The van der Waals surface area contributed by atoms with Crippen LogP contribution in [0.5, 0.6) is 17.2 Å². The van der Waals surface area contributed by atoms with Gasteiger partial charge in [0.15, 0.2) is 0 Å². The first-order valence-corrected chi connectivity index (χ1v) is 10.3. The van der Waals surface area contributed by atoms with Crippen molar-refractivity contribution in [2.45, 2.75) is 40.0 Å². The van der Waals surface area contributed by atoms with E-state index in [1.165, 1.54) is 0 Å². The molecule has 0 unspecified atom stereocenters. The molecule has 0 spiro atoms. The number of benzene rings is 2. The number of rotatable bonds is 8. The summed E-state index contributed by atoms with van der Waals surface area (Å²) in [5.74, 6) is 2.31. The lowest BCUT2D eigenvalue weighted by molar-refractivity contribution is 0.102. The van der Waals surface area contributed by atoms with Gasteiger partial charge in [-0.05, 0) is 67.8 Å². The Balaban J connectivity index is 1.64. The number of nitrogens with zero attached hydrogens (tertiary/aromatic N) is 1. The average molecular weight is 405 g/mol. The molecule has 1 heterocycles. The highest BCUT2D eigenvalue weighted by molar-refractivity contribution is 6.05. The van der Waals surface area contributed by atoms with Gasteiger partial charge in [-0.2, -0.15) is 0 Å². The SMILES string of the molecule is CCCOc1cccc(Oc2ccc(NC(=O)c3ccc(C(C)C)nc3C)cc2)c1. The Morgan fingerprint density at radius 2 is 1.73 bits per heavy atom. The van der Waals surface area contributed by atoms with Crippen LogP contribution < -0.4 is 14.8 Å². The first-order valence-electron chi connectivity index (χ1n) is 10.3. The van der Waals surface area contributed by atoms with Crippen molar-refractivity contribution in [1.82, 2.24) is 4.98 Å². The minimum atomic E-state index is -0.176. The third kappa shape index (κ3) is 5.60. The highest BCUT2D eigenvalue weighted by Crippen LogP contribution is 2.26. The smallest absolute Gasteiger partial charge is 0.257 e. The summed E-state index contributed by atoms with van der Waals surface area (Å²) < 4.78 is 11.5. The molecular weight excluding hydrogens is 376 g/mol. The lowest BCUT2D eigenvalue weighted by atomic mass is 10.1. The van der Waals surface area contributed by atoms with Crippen LogP contribution in [0, 0.1) is 6.92 Å². The van der Waals surface area contributed by atoms with Gasteiger partial charge in [0.1, 0.15) is 17.2 Å². The van der Waals surface area contributed by atoms with E-state index in [9.17, 15) is 4.79 Å². The second kappa shape index (κ2) is 9.92. The van der Waals surface area contributed by atoms with E-state index in [1.807, 2.05) is 67.6 Å². The van der Waals surface area contributed by atoms with Crippen molar-refractivity contribution in [2.24, 2.45) is 0 Å². The summed E-state index contributed by atoms with van der Waals surface area (Å²) in [6.07, 6.45) is 0.954. The molecule has 0 radical (unpaired) electrons. The number of nitrogens with one attached hydrogen (secondary N) is 1. The third-order valence-corrected chi connectivity index (χ3v) is 4.57. The summed E-state index contributed by atoms with van der Waals surface area (Å²) >= 11 is 0. The van der Waals surface area contributed by atoms with Crippen molar-refractivity contribution in [3.05, 3.63) is 77.6 Å². The molecule has 5 heteroatoms. The van der Waals surface area contributed by atoms with Crippen LogP contribution in [-0.4, -0.2) is 17.5 Å². The van der Waals surface area contributed by atoms with Gasteiger partial charge in [-0.3, -0.25) is 9.78 Å². The van der Waals surface area contributed by atoms with Gasteiger partial charge < -0.3 is 14.8 Å². The second-order valence-electron chi connectivity index (χ2n) is 7.43. The quantitative estimate of drug-likeness (QED) is 0.475. The molecule has 5 nitrogen and oxygen atoms in total. The van der Waals surface area contributed by atoms with Crippen LogP contribution in [0.15, 0.2) is 60.7 Å². The summed E-state index contributed by atoms with van der Waals surface area (Å²) in [6, 6.07) is 18.6. The molecule has 3 aromatic rings. The molecule has 0 saturated carbocycles. The number of carbonyl (C=O) groups is 1. The zero-order valence-corrected chi connectivity index (χ0v) is 17.9. The van der Waals surface area contributed by atoms with Gasteiger partial charge in [-0.1, -0.05) is 26.8 Å². The summed E-state index contributed by atoms with van der Waals surface area (Å²) in [6.45, 7) is 8.77. The minimum absolute atomic E-state index is 0.176. The van der Waals surface area contributed by atoms with Crippen molar-refractivity contribution in [3.63, 3.8) is 0 Å². The molecule has 0 aliphatic carbocycles. The Morgan fingerprint density at radius 1 is 1.00 bits per heavy atom. The van der Waals surface area contributed by atoms with E-state index >= 15 is 0 Å². The third-order valence-electron chi connectivity index (χ3n) is 4.57. The number of ether oxygens (including phenoxy) is 2. The van der Waals surface area contributed by atoms with Crippen molar-refractivity contribution >= 4 is 11.6 Å². The fourth-order valence-electron chi connectivity index (χ4n) is 2.93. The Hall–Kier alpha value is -3.34. The van der Waals surface area contributed by atoms with Crippen LogP contribution in [0.3, 0.4) is 0 Å². The number of pyridine rings is 1. The second-order valence-corrected chi connectivity index (χ2v) is 7.43. The molecule has 1 N–H and O–H groups in total. The molecule has 2 aromatic carbocycles. The molecule has 0 saturated heterocycles. The first-order chi connectivity index (χ1) is 14.5. The van der Waals surface area contributed by atoms with Crippen LogP contribution >= 0.6 is 0 Å². The van der Waals surface area contributed by atoms with Crippen molar-refractivity contribution < 1.29 is 14.3 Å². The first kappa shape index (κ1) is 21.4. The van der Waals surface area contributed by atoms with Gasteiger partial charge in [0.05, 0.1) is 17.9 Å². The van der Waals surface area contributed by atoms with E-state index < -0.39 is 0 Å². The van der Waals surface area contributed by atoms with Crippen LogP contribution in [0.4, 0.5) is 5.69 Å². The Kier molecular flexibility index (Phi) is 7.07. The number of carbonyl (C=O) groups excluding carboxylic acids is 1. The van der Waals surface area contributed by atoms with E-state index in [1.54, 1.807) is 0 Å². The summed E-state index contributed by atoms with van der Waals surface area (Å²) in [7, 11) is 0. The normalized spacial score (nSPS) is 10.7. The highest BCUT2D eigenvalue weighted by Gasteiger charge is 2.12. The Labute approximate surface area is 178 Å². The molecule has 0 aliphatic rings. The number of hydrogen-bond acceptors (Lipinski definition) is 4. The molecule has 1 aromatic heterocycles. The molecule has 156 valence electrons. The summed E-state index contributed by atoms with van der Waals surface area (Å²) in [4.78, 5) is 17.2. The van der Waals surface area contributed by atoms with Crippen LogP contribution in [-0.2, 0) is 0 Å². The van der Waals surface area contributed by atoms with Crippen molar-refractivity contribution in [2.75, 3.05) is 11.9 Å². The number of hydrogen-bond donors (Lipinski definition) is 1. The number of anilines is 1. The fourth-order valence-corrected chi connectivity index (χ4v) is 2.93. The monoisotopic (exact) mass is 404 g/mol. The lowest BCUT2D eigenvalue weighted by Crippen LogP contribution is -2.14. The maximum Gasteiger partial charge on any atom is 0.257 e. The molecule has 0 atom stereocenters. The number of amides is 1. The largest absolute Gasteiger partial charge is 0.493 e. The molecule has 0 fully saturated rings. The molecular formula is C25H28N2O3. The highest BCUT2D eigenvalue weighted by atomic mass is 16.5. The summed E-state index contributed by atoms with van der Waals surface area (Å²) in [5, 5.41) is 2.92. The molecule has 0 bridgehead atoms. The van der Waals surface area contributed by atoms with E-state index in [2.05, 4.69) is 31.1 Å². The molecule has 0 aliphatic heterocycles. The molecule has 30 heavy (non-hydrogen) atoms. The van der Waals surface area contributed by atoms with Crippen LogP contribution in [0.2, 0.25) is 0 Å². The Morgan fingerprint density at radius 3 is 2.40 bits per heavy atom. The van der Waals surface area contributed by atoms with E-state index in [0.29, 0.717) is 35.3 Å².